The molecule has 0 aromatic heterocycles. The Balaban J connectivity index is 1.65. The van der Waals surface area contributed by atoms with Crippen LogP contribution in [-0.2, 0) is 25.5 Å². The molecule has 49 heavy (non-hydrogen) atoms. The Morgan fingerprint density at radius 1 is 1.08 bits per heavy atom. The molecule has 0 radical (unpaired) electrons. The van der Waals surface area contributed by atoms with Crippen LogP contribution in [0, 0.1) is 17.8 Å². The van der Waals surface area contributed by atoms with E-state index >= 15 is 0 Å². The number of carbonyl (C=O) groups excluding carboxylic acids is 2. The average molecular weight is 726 g/mol. The SMILES string of the molecule is CSC1O[C@H]([C@H](NC(=O)[C@@H]2[C@@H]3OCC[C@@H](CC(C)C)C[C@H]3CN2C(=O)OC(C)(C)C)[C@H](C)Sc2ccc(CN(C)C)cc2)[C@@H](O)C(O)[C@H]1O. The van der Waals surface area contributed by atoms with Gasteiger partial charge in [0, 0.05) is 35.8 Å². The van der Waals surface area contributed by atoms with E-state index in [0.717, 1.165) is 36.3 Å². The number of carbonyl (C=O) groups is 2. The van der Waals surface area contributed by atoms with Gasteiger partial charge >= 0.3 is 6.09 Å². The third-order valence-electron chi connectivity index (χ3n) is 9.47. The van der Waals surface area contributed by atoms with E-state index in [9.17, 15) is 24.9 Å². The van der Waals surface area contributed by atoms with Crippen molar-refractivity contribution in [1.29, 1.82) is 0 Å². The smallest absolute Gasteiger partial charge is 0.411 e. The minimum absolute atomic E-state index is 0.0465. The lowest BCUT2D eigenvalue weighted by Crippen LogP contribution is -2.66. The van der Waals surface area contributed by atoms with Gasteiger partial charge in [-0.25, -0.2) is 4.79 Å². The molecule has 3 fully saturated rings. The van der Waals surface area contributed by atoms with E-state index in [1.807, 2.05) is 33.2 Å². The van der Waals surface area contributed by atoms with Crippen LogP contribution >= 0.6 is 23.5 Å². The monoisotopic (exact) mass is 725 g/mol. The van der Waals surface area contributed by atoms with E-state index in [1.54, 1.807) is 27.0 Å². The lowest BCUT2D eigenvalue weighted by molar-refractivity contribution is -0.205. The molecule has 4 rings (SSSR count). The number of hydrogen-bond donors (Lipinski definition) is 4. The summed E-state index contributed by atoms with van der Waals surface area (Å²) in [5.74, 6) is 0.466. The van der Waals surface area contributed by atoms with E-state index < -0.39 is 65.6 Å². The minimum atomic E-state index is -1.48. The highest BCUT2D eigenvalue weighted by molar-refractivity contribution is 8.00. The summed E-state index contributed by atoms with van der Waals surface area (Å²) in [5, 5.41) is 35.6. The Hall–Kier alpha value is -1.58. The number of nitrogens with zero attached hydrogens (tertiary/aromatic N) is 2. The fourth-order valence-electron chi connectivity index (χ4n) is 7.35. The molecular formula is C36H59N3O8S2. The second-order valence-corrected chi connectivity index (χ2v) is 18.0. The first-order chi connectivity index (χ1) is 23.0. The van der Waals surface area contributed by atoms with Gasteiger partial charge in [0.25, 0.3) is 0 Å². The molecule has 13 heteroatoms. The molecule has 11 nitrogen and oxygen atoms in total. The summed E-state index contributed by atoms with van der Waals surface area (Å²) in [6, 6.07) is 6.40. The van der Waals surface area contributed by atoms with Crippen molar-refractivity contribution in [3.63, 3.8) is 0 Å². The molecule has 278 valence electrons. The van der Waals surface area contributed by atoms with Crippen LogP contribution in [0.15, 0.2) is 29.2 Å². The predicted octanol–water partition coefficient (Wildman–Crippen LogP) is 3.96. The van der Waals surface area contributed by atoms with Crippen LogP contribution in [-0.4, -0.2) is 130 Å². The Morgan fingerprint density at radius 2 is 1.76 bits per heavy atom. The molecule has 3 aliphatic rings. The number of fused-ring (bicyclic) bond motifs is 1. The Bertz CT molecular complexity index is 1230. The fourth-order valence-corrected chi connectivity index (χ4v) is 9.12. The number of thioether (sulfide) groups is 2. The normalized spacial score (nSPS) is 32.0. The van der Waals surface area contributed by atoms with E-state index in [2.05, 4.69) is 36.2 Å². The number of benzene rings is 1. The van der Waals surface area contributed by atoms with Crippen molar-refractivity contribution in [3.05, 3.63) is 29.8 Å². The number of aliphatic hydroxyl groups is 3. The van der Waals surface area contributed by atoms with E-state index in [0.29, 0.717) is 25.0 Å². The third kappa shape index (κ3) is 10.5. The van der Waals surface area contributed by atoms with Gasteiger partial charge in [0.05, 0.1) is 12.1 Å². The number of rotatable bonds is 11. The second kappa shape index (κ2) is 17.3. The van der Waals surface area contributed by atoms with Crippen molar-refractivity contribution in [2.75, 3.05) is 33.5 Å². The lowest BCUT2D eigenvalue weighted by atomic mass is 9.85. The summed E-state index contributed by atoms with van der Waals surface area (Å²) in [5.41, 5.74) is -0.416. The summed E-state index contributed by atoms with van der Waals surface area (Å²) in [6.07, 6.45) is -1.86. The molecule has 11 atom stereocenters. The van der Waals surface area contributed by atoms with Crippen LogP contribution in [0.3, 0.4) is 0 Å². The van der Waals surface area contributed by atoms with Crippen molar-refractivity contribution < 1.29 is 39.1 Å². The van der Waals surface area contributed by atoms with Gasteiger partial charge in [-0.05, 0) is 89.9 Å². The van der Waals surface area contributed by atoms with Gasteiger partial charge < -0.3 is 39.7 Å². The van der Waals surface area contributed by atoms with E-state index in [-0.39, 0.29) is 11.2 Å². The Labute approximate surface area is 301 Å². The third-order valence-corrected chi connectivity index (χ3v) is 11.5. The lowest BCUT2D eigenvalue weighted by Gasteiger charge is -2.45. The van der Waals surface area contributed by atoms with Gasteiger partial charge in [-0.3, -0.25) is 9.69 Å². The van der Waals surface area contributed by atoms with Crippen LogP contribution < -0.4 is 5.32 Å². The molecule has 3 aliphatic heterocycles. The first-order valence-corrected chi connectivity index (χ1v) is 19.7. The molecule has 2 amide bonds. The maximum atomic E-state index is 14.6. The zero-order valence-corrected chi connectivity index (χ0v) is 32.2. The summed E-state index contributed by atoms with van der Waals surface area (Å²) in [4.78, 5) is 32.8. The number of likely N-dealkylation sites (tertiary alicyclic amines) is 1. The zero-order chi connectivity index (χ0) is 36.2. The molecule has 0 saturated carbocycles. The molecular weight excluding hydrogens is 667 g/mol. The first kappa shape index (κ1) is 40.2. The molecule has 0 aliphatic carbocycles. The average Bonchev–Trinajstić information content (AvgIpc) is 3.25. The molecule has 1 aromatic rings. The number of nitrogens with one attached hydrogen (secondary N) is 1. The highest BCUT2D eigenvalue weighted by Gasteiger charge is 2.53. The van der Waals surface area contributed by atoms with Crippen LogP contribution in [0.4, 0.5) is 4.79 Å². The van der Waals surface area contributed by atoms with Gasteiger partial charge in [0.2, 0.25) is 5.91 Å². The van der Waals surface area contributed by atoms with Gasteiger partial charge in [-0.15, -0.1) is 23.5 Å². The maximum Gasteiger partial charge on any atom is 0.411 e. The summed E-state index contributed by atoms with van der Waals surface area (Å²) >= 11 is 2.73. The molecule has 3 heterocycles. The molecule has 0 spiro atoms. The van der Waals surface area contributed by atoms with Crippen molar-refractivity contribution in [2.24, 2.45) is 17.8 Å². The van der Waals surface area contributed by atoms with Gasteiger partial charge in [0.15, 0.2) is 0 Å². The highest BCUT2D eigenvalue weighted by Crippen LogP contribution is 2.39. The molecule has 2 unspecified atom stereocenters. The van der Waals surface area contributed by atoms with E-state index in [1.165, 1.54) is 28.4 Å². The zero-order valence-electron chi connectivity index (χ0n) is 30.6. The van der Waals surface area contributed by atoms with Crippen LogP contribution in [0.1, 0.15) is 66.4 Å². The second-order valence-electron chi connectivity index (χ2n) is 15.6. The van der Waals surface area contributed by atoms with Crippen LogP contribution in [0.2, 0.25) is 0 Å². The minimum Gasteiger partial charge on any atom is -0.444 e. The fraction of sp³-hybridized carbons (Fsp3) is 0.778. The predicted molar refractivity (Wildman–Crippen MR) is 193 cm³/mol. The van der Waals surface area contributed by atoms with Gasteiger partial charge in [-0.2, -0.15) is 0 Å². The van der Waals surface area contributed by atoms with Gasteiger partial charge in [0.1, 0.15) is 41.5 Å². The highest BCUT2D eigenvalue weighted by atomic mass is 32.2. The van der Waals surface area contributed by atoms with E-state index in [4.69, 9.17) is 14.2 Å². The molecule has 3 saturated heterocycles. The topological polar surface area (TPSA) is 141 Å². The number of ether oxygens (including phenoxy) is 3. The summed E-state index contributed by atoms with van der Waals surface area (Å²) in [7, 11) is 4.03. The summed E-state index contributed by atoms with van der Waals surface area (Å²) < 4.78 is 18.4. The maximum absolute atomic E-state index is 14.6. The quantitative estimate of drug-likeness (QED) is 0.247. The van der Waals surface area contributed by atoms with Crippen LogP contribution in [0.25, 0.3) is 0 Å². The molecule has 1 aromatic carbocycles. The van der Waals surface area contributed by atoms with Crippen molar-refractivity contribution in [2.45, 2.75) is 131 Å². The number of aliphatic hydroxyl groups excluding tert-OH is 3. The number of amides is 2. The number of hydrogen-bond acceptors (Lipinski definition) is 11. The van der Waals surface area contributed by atoms with Crippen molar-refractivity contribution in [3.8, 4) is 0 Å². The van der Waals surface area contributed by atoms with Crippen LogP contribution in [0.5, 0.6) is 0 Å². The van der Waals surface area contributed by atoms with Crippen molar-refractivity contribution >= 4 is 35.5 Å². The standard InChI is InChI=1S/C36H59N3O8S2/c1-20(2)16-23-14-15-45-31-24(17-23)19-39(35(44)47-36(4,5)6)27(31)33(43)37-26(32-29(41)28(40)30(42)34(46-32)48-9)21(3)49-25-12-10-22(11-13-25)18-38(7)8/h10-13,20-21,23-24,26-32,34,40-42H,14-19H2,1-9H3,(H,37,43)/t21-,23-,24-,26+,27-,28?,29-,30+,31+,32+,34?/m0/s1. The first-order valence-electron chi connectivity index (χ1n) is 17.5. The van der Waals surface area contributed by atoms with Crippen molar-refractivity contribution in [1.82, 2.24) is 15.1 Å². The molecule has 4 N–H and O–H groups in total. The Morgan fingerprint density at radius 3 is 2.35 bits per heavy atom. The Kier molecular flexibility index (Phi) is 14.2. The summed E-state index contributed by atoms with van der Waals surface area (Å²) in [6.45, 7) is 13.4. The molecule has 0 bridgehead atoms. The largest absolute Gasteiger partial charge is 0.444 e. The van der Waals surface area contributed by atoms with Gasteiger partial charge in [-0.1, -0.05) is 32.9 Å².